The second kappa shape index (κ2) is 3.86. The molecule has 1 atom stereocenters. The summed E-state index contributed by atoms with van der Waals surface area (Å²) in [5.74, 6) is 0. The Morgan fingerprint density at radius 3 is 2.94 bits per heavy atom. The van der Waals surface area contributed by atoms with E-state index in [2.05, 4.69) is 23.5 Å². The highest BCUT2D eigenvalue weighted by Gasteiger charge is 2.48. The topological polar surface area (TPSA) is 39.1 Å². The Hall–Kier alpha value is -0.870. The molecule has 2 saturated heterocycles. The number of rotatable bonds is 2. The average molecular weight is 221 g/mol. The van der Waals surface area contributed by atoms with Gasteiger partial charge in [-0.3, -0.25) is 4.68 Å². The van der Waals surface area contributed by atoms with E-state index in [0.29, 0.717) is 11.5 Å². The Balaban J connectivity index is 1.79. The molecule has 4 heteroatoms. The van der Waals surface area contributed by atoms with Crippen LogP contribution in [0.5, 0.6) is 0 Å². The number of nitrogens with one attached hydrogen (secondary N) is 1. The van der Waals surface area contributed by atoms with Gasteiger partial charge in [-0.2, -0.15) is 5.10 Å². The Labute approximate surface area is 96.0 Å². The number of nitrogens with zero attached hydrogens (tertiary/aromatic N) is 2. The van der Waals surface area contributed by atoms with Crippen molar-refractivity contribution in [2.75, 3.05) is 19.8 Å². The average Bonchev–Trinajstić information content (AvgIpc) is 2.77. The van der Waals surface area contributed by atoms with Crippen LogP contribution in [0.25, 0.3) is 0 Å². The van der Waals surface area contributed by atoms with Crippen LogP contribution >= 0.6 is 0 Å². The van der Waals surface area contributed by atoms with Gasteiger partial charge in [0.1, 0.15) is 0 Å². The highest BCUT2D eigenvalue weighted by atomic mass is 16.5. The van der Waals surface area contributed by atoms with Gasteiger partial charge in [-0.25, -0.2) is 0 Å². The summed E-state index contributed by atoms with van der Waals surface area (Å²) in [6.07, 6.45) is 6.55. The van der Waals surface area contributed by atoms with Crippen LogP contribution in [0, 0.1) is 5.41 Å². The summed E-state index contributed by atoms with van der Waals surface area (Å²) in [7, 11) is 0. The van der Waals surface area contributed by atoms with E-state index in [-0.39, 0.29) is 0 Å². The van der Waals surface area contributed by atoms with E-state index in [4.69, 9.17) is 4.74 Å². The van der Waals surface area contributed by atoms with Gasteiger partial charge in [0.05, 0.1) is 6.20 Å². The van der Waals surface area contributed by atoms with E-state index in [0.717, 1.165) is 26.3 Å². The molecule has 4 nitrogen and oxygen atoms in total. The summed E-state index contributed by atoms with van der Waals surface area (Å²) in [4.78, 5) is 0. The van der Waals surface area contributed by atoms with Gasteiger partial charge >= 0.3 is 0 Å². The molecule has 1 unspecified atom stereocenters. The van der Waals surface area contributed by atoms with Crippen molar-refractivity contribution in [2.24, 2.45) is 5.41 Å². The molecule has 3 heterocycles. The zero-order valence-corrected chi connectivity index (χ0v) is 9.78. The van der Waals surface area contributed by atoms with Crippen molar-refractivity contribution in [3.63, 3.8) is 0 Å². The van der Waals surface area contributed by atoms with Crippen LogP contribution in [0.2, 0.25) is 0 Å². The minimum absolute atomic E-state index is 0.444. The lowest BCUT2D eigenvalue weighted by molar-refractivity contribution is -0.0479. The first-order valence-corrected chi connectivity index (χ1v) is 6.17. The van der Waals surface area contributed by atoms with Gasteiger partial charge in [-0.1, -0.05) is 0 Å². The van der Waals surface area contributed by atoms with Gasteiger partial charge in [-0.05, 0) is 19.8 Å². The normalized spacial score (nSPS) is 27.9. The monoisotopic (exact) mass is 221 g/mol. The fraction of sp³-hybridized carbons (Fsp3) is 0.750. The molecule has 2 aliphatic heterocycles. The van der Waals surface area contributed by atoms with Gasteiger partial charge in [0.25, 0.3) is 0 Å². The minimum atomic E-state index is 0.444. The maximum atomic E-state index is 5.46. The van der Waals surface area contributed by atoms with Crippen molar-refractivity contribution < 1.29 is 4.74 Å². The number of aryl methyl sites for hydroxylation is 1. The Bertz CT molecular complexity index is 368. The molecule has 16 heavy (non-hydrogen) atoms. The lowest BCUT2D eigenvalue weighted by Crippen LogP contribution is -2.58. The SMILES string of the molecule is CCn1cc(C2NCC23CCOCC3)cn1. The van der Waals surface area contributed by atoms with E-state index in [1.54, 1.807) is 0 Å². The van der Waals surface area contributed by atoms with Crippen LogP contribution in [-0.4, -0.2) is 29.5 Å². The van der Waals surface area contributed by atoms with Crippen molar-refractivity contribution in [2.45, 2.75) is 32.4 Å². The molecule has 0 radical (unpaired) electrons. The summed E-state index contributed by atoms with van der Waals surface area (Å²) >= 11 is 0. The molecule has 1 spiro atoms. The maximum absolute atomic E-state index is 5.46. The van der Waals surface area contributed by atoms with Crippen molar-refractivity contribution in [3.8, 4) is 0 Å². The van der Waals surface area contributed by atoms with Crippen LogP contribution < -0.4 is 5.32 Å². The van der Waals surface area contributed by atoms with Crippen molar-refractivity contribution >= 4 is 0 Å². The second-order valence-electron chi connectivity index (χ2n) is 4.92. The largest absolute Gasteiger partial charge is 0.381 e. The van der Waals surface area contributed by atoms with E-state index in [9.17, 15) is 0 Å². The summed E-state index contributed by atoms with van der Waals surface area (Å²) < 4.78 is 7.46. The number of hydrogen-bond acceptors (Lipinski definition) is 3. The molecule has 0 bridgehead atoms. The summed E-state index contributed by atoms with van der Waals surface area (Å²) in [5, 5.41) is 7.91. The molecule has 1 N–H and O–H groups in total. The number of aromatic nitrogens is 2. The number of hydrogen-bond donors (Lipinski definition) is 1. The summed E-state index contributed by atoms with van der Waals surface area (Å²) in [5.41, 5.74) is 1.79. The second-order valence-corrected chi connectivity index (χ2v) is 4.92. The molecular formula is C12H19N3O. The molecule has 0 aromatic carbocycles. The Morgan fingerprint density at radius 1 is 1.56 bits per heavy atom. The fourth-order valence-corrected chi connectivity index (χ4v) is 2.91. The highest BCUT2D eigenvalue weighted by molar-refractivity contribution is 5.20. The molecule has 88 valence electrons. The van der Waals surface area contributed by atoms with E-state index >= 15 is 0 Å². The third kappa shape index (κ3) is 1.48. The predicted octanol–water partition coefficient (Wildman–Crippen LogP) is 1.34. The van der Waals surface area contributed by atoms with Crippen molar-refractivity contribution in [1.82, 2.24) is 15.1 Å². The third-order valence-electron chi connectivity index (χ3n) is 4.07. The van der Waals surface area contributed by atoms with E-state index in [1.807, 2.05) is 10.9 Å². The van der Waals surface area contributed by atoms with Gasteiger partial charge in [0, 0.05) is 49.5 Å². The maximum Gasteiger partial charge on any atom is 0.0537 e. The molecule has 2 fully saturated rings. The lowest BCUT2D eigenvalue weighted by Gasteiger charge is -2.52. The van der Waals surface area contributed by atoms with E-state index < -0.39 is 0 Å². The minimum Gasteiger partial charge on any atom is -0.381 e. The van der Waals surface area contributed by atoms with Gasteiger partial charge < -0.3 is 10.1 Å². The fourth-order valence-electron chi connectivity index (χ4n) is 2.91. The van der Waals surface area contributed by atoms with Crippen LogP contribution in [0.1, 0.15) is 31.4 Å². The van der Waals surface area contributed by atoms with Crippen molar-refractivity contribution in [1.29, 1.82) is 0 Å². The highest BCUT2D eigenvalue weighted by Crippen LogP contribution is 2.48. The first-order valence-electron chi connectivity index (χ1n) is 6.17. The molecule has 0 amide bonds. The lowest BCUT2D eigenvalue weighted by atomic mass is 9.66. The van der Waals surface area contributed by atoms with Crippen LogP contribution in [0.4, 0.5) is 0 Å². The standard InChI is InChI=1S/C12H19N3O/c1-2-15-8-10(7-14-15)11-12(9-13-11)3-5-16-6-4-12/h7-8,11,13H,2-6,9H2,1H3. The molecule has 0 saturated carbocycles. The van der Waals surface area contributed by atoms with Crippen LogP contribution in [0.15, 0.2) is 12.4 Å². The van der Waals surface area contributed by atoms with Crippen LogP contribution in [-0.2, 0) is 11.3 Å². The molecule has 1 aromatic rings. The molecule has 0 aliphatic carbocycles. The summed E-state index contributed by atoms with van der Waals surface area (Å²) in [6.45, 7) is 6.04. The number of ether oxygens (including phenoxy) is 1. The van der Waals surface area contributed by atoms with Gasteiger partial charge in [0.2, 0.25) is 0 Å². The smallest absolute Gasteiger partial charge is 0.0537 e. The zero-order chi connectivity index (χ0) is 11.0. The van der Waals surface area contributed by atoms with Gasteiger partial charge in [-0.15, -0.1) is 0 Å². The van der Waals surface area contributed by atoms with Gasteiger partial charge in [0.15, 0.2) is 0 Å². The van der Waals surface area contributed by atoms with E-state index in [1.165, 1.54) is 18.4 Å². The molecular weight excluding hydrogens is 202 g/mol. The zero-order valence-electron chi connectivity index (χ0n) is 9.78. The predicted molar refractivity (Wildman–Crippen MR) is 61.1 cm³/mol. The van der Waals surface area contributed by atoms with Crippen molar-refractivity contribution in [3.05, 3.63) is 18.0 Å². The molecule has 1 aromatic heterocycles. The molecule has 3 rings (SSSR count). The quantitative estimate of drug-likeness (QED) is 0.819. The first-order chi connectivity index (χ1) is 7.84. The Morgan fingerprint density at radius 2 is 2.38 bits per heavy atom. The first kappa shape index (κ1) is 10.3. The van der Waals surface area contributed by atoms with Crippen LogP contribution in [0.3, 0.4) is 0 Å². The molecule has 2 aliphatic rings. The third-order valence-corrected chi connectivity index (χ3v) is 4.07. The summed E-state index contributed by atoms with van der Waals surface area (Å²) in [6, 6.07) is 0.497. The Kier molecular flexibility index (Phi) is 2.48.